The number of hydrogen-bond acceptors (Lipinski definition) is 1. The molecule has 1 nitrogen and oxygen atoms in total. The van der Waals surface area contributed by atoms with Gasteiger partial charge in [-0.1, -0.05) is 45.1 Å². The molecule has 112 valence electrons. The fraction of sp³-hybridized carbons (Fsp3) is 0.842. The van der Waals surface area contributed by atoms with E-state index in [1.165, 1.54) is 64.2 Å². The number of nitrogens with zero attached hydrogens (tertiary/aromatic N) is 1. The lowest BCUT2D eigenvalue weighted by molar-refractivity contribution is 0.143. The van der Waals surface area contributed by atoms with Crippen LogP contribution in [-0.2, 0) is 0 Å². The van der Waals surface area contributed by atoms with Crippen LogP contribution in [0.15, 0.2) is 12.2 Å². The molecular weight excluding hydrogens is 242 g/mol. The van der Waals surface area contributed by atoms with Crippen molar-refractivity contribution in [3.63, 3.8) is 0 Å². The van der Waals surface area contributed by atoms with E-state index in [-0.39, 0.29) is 0 Å². The minimum absolute atomic E-state index is 0.932. The number of rotatable bonds is 5. The van der Waals surface area contributed by atoms with Crippen molar-refractivity contribution in [2.75, 3.05) is 0 Å². The van der Waals surface area contributed by atoms with Crippen LogP contribution in [0.2, 0.25) is 0 Å². The van der Waals surface area contributed by atoms with Crippen LogP contribution in [0.1, 0.15) is 77.6 Å². The van der Waals surface area contributed by atoms with Gasteiger partial charge in [0, 0.05) is 6.08 Å². The molecular formula is C19H31N. The molecule has 0 N–H and O–H groups in total. The van der Waals surface area contributed by atoms with Crippen LogP contribution in [0.25, 0.3) is 0 Å². The Hall–Kier alpha value is -0.770. The quantitative estimate of drug-likeness (QED) is 0.575. The van der Waals surface area contributed by atoms with E-state index >= 15 is 0 Å². The van der Waals surface area contributed by atoms with E-state index in [0.29, 0.717) is 0 Å². The zero-order chi connectivity index (χ0) is 14.2. The van der Waals surface area contributed by atoms with E-state index < -0.39 is 0 Å². The minimum atomic E-state index is 0.932. The Labute approximate surface area is 125 Å². The summed E-state index contributed by atoms with van der Waals surface area (Å²) < 4.78 is 0. The van der Waals surface area contributed by atoms with Crippen molar-refractivity contribution in [1.29, 1.82) is 5.26 Å². The Morgan fingerprint density at radius 3 is 1.95 bits per heavy atom. The van der Waals surface area contributed by atoms with E-state index in [2.05, 4.69) is 13.0 Å². The first-order chi connectivity index (χ1) is 9.83. The first-order valence-electron chi connectivity index (χ1n) is 8.88. The first kappa shape index (κ1) is 15.6. The second-order valence-corrected chi connectivity index (χ2v) is 7.08. The van der Waals surface area contributed by atoms with Crippen molar-refractivity contribution in [3.05, 3.63) is 12.2 Å². The van der Waals surface area contributed by atoms with Gasteiger partial charge in [-0.05, 0) is 62.2 Å². The van der Waals surface area contributed by atoms with Crippen molar-refractivity contribution in [2.24, 2.45) is 23.7 Å². The van der Waals surface area contributed by atoms with Gasteiger partial charge >= 0.3 is 0 Å². The van der Waals surface area contributed by atoms with Crippen molar-refractivity contribution in [3.8, 4) is 6.07 Å². The average molecular weight is 273 g/mol. The number of hydrogen-bond donors (Lipinski definition) is 0. The first-order valence-corrected chi connectivity index (χ1v) is 8.88. The lowest BCUT2D eigenvalue weighted by Gasteiger charge is -2.37. The molecule has 0 aromatic carbocycles. The molecule has 0 aliphatic heterocycles. The maximum absolute atomic E-state index is 8.48. The summed E-state index contributed by atoms with van der Waals surface area (Å²) in [4.78, 5) is 0. The molecule has 20 heavy (non-hydrogen) atoms. The average Bonchev–Trinajstić information content (AvgIpc) is 2.52. The number of allylic oxidation sites excluding steroid dienone is 2. The van der Waals surface area contributed by atoms with Crippen LogP contribution in [0.3, 0.4) is 0 Å². The maximum atomic E-state index is 8.48. The molecule has 0 radical (unpaired) electrons. The summed E-state index contributed by atoms with van der Waals surface area (Å²) in [6.07, 6.45) is 19.3. The highest BCUT2D eigenvalue weighted by Gasteiger charge is 2.30. The van der Waals surface area contributed by atoms with Gasteiger partial charge in [0.1, 0.15) is 0 Å². The molecule has 1 heteroatoms. The van der Waals surface area contributed by atoms with E-state index in [0.717, 1.165) is 30.1 Å². The molecule has 2 aliphatic carbocycles. The van der Waals surface area contributed by atoms with Gasteiger partial charge in [0.2, 0.25) is 0 Å². The second kappa shape index (κ2) is 8.50. The Balaban J connectivity index is 1.64. The molecule has 2 saturated carbocycles. The predicted octanol–water partition coefficient (Wildman–Crippen LogP) is 5.87. The zero-order valence-electron chi connectivity index (χ0n) is 13.2. The van der Waals surface area contributed by atoms with E-state index in [1.54, 1.807) is 6.08 Å². The topological polar surface area (TPSA) is 23.8 Å². The SMILES string of the molecule is CCC1CCC(C2CCC(CCC=CC#N)CC2)CC1. The molecule has 0 unspecified atom stereocenters. The third-order valence-corrected chi connectivity index (χ3v) is 5.96. The van der Waals surface area contributed by atoms with Crippen LogP contribution in [0, 0.1) is 35.0 Å². The van der Waals surface area contributed by atoms with Crippen LogP contribution in [0.4, 0.5) is 0 Å². The molecule has 0 bridgehead atoms. The molecule has 0 saturated heterocycles. The lowest BCUT2D eigenvalue weighted by atomic mass is 9.68. The summed E-state index contributed by atoms with van der Waals surface area (Å²) in [5.41, 5.74) is 0. The highest BCUT2D eigenvalue weighted by molar-refractivity contribution is 5.01. The predicted molar refractivity (Wildman–Crippen MR) is 85.2 cm³/mol. The molecule has 0 aromatic rings. The molecule has 2 aliphatic rings. The highest BCUT2D eigenvalue weighted by Crippen LogP contribution is 2.42. The van der Waals surface area contributed by atoms with Crippen molar-refractivity contribution in [1.82, 2.24) is 0 Å². The Morgan fingerprint density at radius 2 is 1.45 bits per heavy atom. The van der Waals surface area contributed by atoms with E-state index in [9.17, 15) is 0 Å². The maximum Gasteiger partial charge on any atom is 0.0908 e. The highest BCUT2D eigenvalue weighted by atomic mass is 14.4. The summed E-state index contributed by atoms with van der Waals surface area (Å²) in [5.74, 6) is 4.06. The van der Waals surface area contributed by atoms with Crippen molar-refractivity contribution in [2.45, 2.75) is 77.6 Å². The minimum Gasteiger partial charge on any atom is -0.193 e. The standard InChI is InChI=1S/C19H31N/c1-2-16-7-11-18(12-8-16)19-13-9-17(10-14-19)6-4-3-5-15-20/h3,5,16-19H,2,4,6-14H2,1H3. The summed E-state index contributed by atoms with van der Waals surface area (Å²) in [6.45, 7) is 2.36. The normalized spacial score (nSPS) is 35.0. The van der Waals surface area contributed by atoms with Gasteiger partial charge < -0.3 is 0 Å². The van der Waals surface area contributed by atoms with Crippen LogP contribution in [0.5, 0.6) is 0 Å². The van der Waals surface area contributed by atoms with E-state index in [4.69, 9.17) is 5.26 Å². The largest absolute Gasteiger partial charge is 0.193 e. The van der Waals surface area contributed by atoms with Gasteiger partial charge in [-0.25, -0.2) is 0 Å². The van der Waals surface area contributed by atoms with Gasteiger partial charge in [0.05, 0.1) is 6.07 Å². The van der Waals surface area contributed by atoms with Gasteiger partial charge in [-0.3, -0.25) is 0 Å². The Bertz CT molecular complexity index is 322. The fourth-order valence-corrected chi connectivity index (χ4v) is 4.48. The van der Waals surface area contributed by atoms with Gasteiger partial charge in [0.15, 0.2) is 0 Å². The van der Waals surface area contributed by atoms with Gasteiger partial charge in [0.25, 0.3) is 0 Å². The van der Waals surface area contributed by atoms with Crippen LogP contribution < -0.4 is 0 Å². The van der Waals surface area contributed by atoms with Crippen molar-refractivity contribution < 1.29 is 0 Å². The summed E-state index contributed by atoms with van der Waals surface area (Å²) in [6, 6.07) is 2.08. The van der Waals surface area contributed by atoms with Crippen LogP contribution in [-0.4, -0.2) is 0 Å². The molecule has 0 heterocycles. The third-order valence-electron chi connectivity index (χ3n) is 5.96. The number of nitriles is 1. The smallest absolute Gasteiger partial charge is 0.0908 e. The molecule has 2 rings (SSSR count). The summed E-state index contributed by atoms with van der Waals surface area (Å²) >= 11 is 0. The zero-order valence-corrected chi connectivity index (χ0v) is 13.2. The van der Waals surface area contributed by atoms with Crippen LogP contribution >= 0.6 is 0 Å². The molecule has 2 fully saturated rings. The monoisotopic (exact) mass is 273 g/mol. The third kappa shape index (κ3) is 4.65. The fourth-order valence-electron chi connectivity index (χ4n) is 4.48. The second-order valence-electron chi connectivity index (χ2n) is 7.08. The van der Waals surface area contributed by atoms with Gasteiger partial charge in [-0.2, -0.15) is 5.26 Å². The Kier molecular flexibility index (Phi) is 6.64. The summed E-state index contributed by atoms with van der Waals surface area (Å²) in [7, 11) is 0. The molecule has 0 spiro atoms. The molecule has 0 aromatic heterocycles. The Morgan fingerprint density at radius 1 is 0.900 bits per heavy atom. The lowest BCUT2D eigenvalue weighted by Crippen LogP contribution is -2.25. The van der Waals surface area contributed by atoms with Gasteiger partial charge in [-0.15, -0.1) is 0 Å². The van der Waals surface area contributed by atoms with E-state index in [1.807, 2.05) is 6.08 Å². The summed E-state index contributed by atoms with van der Waals surface area (Å²) in [5, 5.41) is 8.48. The molecule has 0 atom stereocenters. The molecule has 0 amide bonds. The van der Waals surface area contributed by atoms with Crippen molar-refractivity contribution >= 4 is 0 Å².